The molecule has 2 aromatic rings. The van der Waals surface area contributed by atoms with Gasteiger partial charge in [0.15, 0.2) is 0 Å². The van der Waals surface area contributed by atoms with E-state index < -0.39 is 18.1 Å². The van der Waals surface area contributed by atoms with E-state index in [1.807, 2.05) is 31.2 Å². The topological polar surface area (TPSA) is 40.6 Å². The van der Waals surface area contributed by atoms with Crippen LogP contribution in [0.25, 0.3) is 10.8 Å². The van der Waals surface area contributed by atoms with Gasteiger partial charge in [-0.2, -0.15) is 13.2 Å². The summed E-state index contributed by atoms with van der Waals surface area (Å²) in [5, 5.41) is 1.98. The number of likely N-dealkylation sites (tertiary alicyclic amines) is 1. The summed E-state index contributed by atoms with van der Waals surface area (Å²) in [7, 11) is 0. The van der Waals surface area contributed by atoms with Crippen LogP contribution in [0.2, 0.25) is 5.02 Å². The highest BCUT2D eigenvalue weighted by molar-refractivity contribution is 6.38. The molecule has 1 aliphatic rings. The second kappa shape index (κ2) is 8.61. The van der Waals surface area contributed by atoms with Crippen molar-refractivity contribution in [2.24, 2.45) is 0 Å². The summed E-state index contributed by atoms with van der Waals surface area (Å²) in [6.07, 6.45) is -3.06. The average molecular weight is 427 g/mol. The largest absolute Gasteiger partial charge is 0.471 e. The fourth-order valence-electron chi connectivity index (χ4n) is 3.69. The standard InChI is InChI=1S/C21H22ClF3N2O2/c1-2-3-11-27(15-10-12-26(13-15)20(29)21(23,24)25)19(28)17-9-8-14-6-4-5-7-16(14)18(17)22/h4-9,15H,2-3,10-13H2,1H3/t15-/m1/s1. The maximum Gasteiger partial charge on any atom is 0.471 e. The third-order valence-corrected chi connectivity index (χ3v) is 5.65. The molecule has 8 heteroatoms. The number of fused-ring (bicyclic) bond motifs is 1. The van der Waals surface area contributed by atoms with E-state index in [1.165, 1.54) is 0 Å². The Morgan fingerprint density at radius 2 is 1.93 bits per heavy atom. The van der Waals surface area contributed by atoms with Gasteiger partial charge in [0.1, 0.15) is 0 Å². The Kier molecular flexibility index (Phi) is 6.36. The zero-order chi connectivity index (χ0) is 21.2. The van der Waals surface area contributed by atoms with Crippen LogP contribution in [0.3, 0.4) is 0 Å². The summed E-state index contributed by atoms with van der Waals surface area (Å²) in [6.45, 7) is 2.22. The smallest absolute Gasteiger partial charge is 0.334 e. The van der Waals surface area contributed by atoms with Crippen LogP contribution in [0.4, 0.5) is 13.2 Å². The van der Waals surface area contributed by atoms with Gasteiger partial charge in [0, 0.05) is 25.0 Å². The van der Waals surface area contributed by atoms with Gasteiger partial charge >= 0.3 is 12.1 Å². The molecule has 1 heterocycles. The lowest BCUT2D eigenvalue weighted by Crippen LogP contribution is -2.45. The van der Waals surface area contributed by atoms with Crippen LogP contribution in [-0.4, -0.2) is 53.5 Å². The van der Waals surface area contributed by atoms with E-state index in [0.29, 0.717) is 30.0 Å². The van der Waals surface area contributed by atoms with Crippen molar-refractivity contribution in [1.82, 2.24) is 9.80 Å². The average Bonchev–Trinajstić information content (AvgIpc) is 3.17. The van der Waals surface area contributed by atoms with Gasteiger partial charge in [0.25, 0.3) is 5.91 Å². The number of rotatable bonds is 5. The summed E-state index contributed by atoms with van der Waals surface area (Å²) in [5.41, 5.74) is 0.321. The molecule has 1 fully saturated rings. The highest BCUT2D eigenvalue weighted by Gasteiger charge is 2.45. The van der Waals surface area contributed by atoms with E-state index in [1.54, 1.807) is 17.0 Å². The molecule has 0 spiro atoms. The van der Waals surface area contributed by atoms with Gasteiger partial charge in [-0.15, -0.1) is 0 Å². The first-order chi connectivity index (χ1) is 13.7. The number of unbranched alkanes of at least 4 members (excludes halogenated alkanes) is 1. The van der Waals surface area contributed by atoms with Crippen molar-refractivity contribution in [2.75, 3.05) is 19.6 Å². The molecule has 4 nitrogen and oxygen atoms in total. The van der Waals surface area contributed by atoms with Crippen molar-refractivity contribution < 1.29 is 22.8 Å². The molecule has 1 saturated heterocycles. The number of benzene rings is 2. The number of hydrogen-bond donors (Lipinski definition) is 0. The quantitative estimate of drug-likeness (QED) is 0.682. The van der Waals surface area contributed by atoms with Crippen molar-refractivity contribution in [3.63, 3.8) is 0 Å². The van der Waals surface area contributed by atoms with Crippen LogP contribution in [0, 0.1) is 0 Å². The second-order valence-corrected chi connectivity index (χ2v) is 7.57. The number of halogens is 4. The minimum Gasteiger partial charge on any atom is -0.334 e. The minimum atomic E-state index is -4.91. The Labute approximate surface area is 172 Å². The van der Waals surface area contributed by atoms with Crippen LogP contribution in [-0.2, 0) is 4.79 Å². The number of carbonyl (C=O) groups excluding carboxylic acids is 2. The van der Waals surface area contributed by atoms with Crippen LogP contribution in [0.5, 0.6) is 0 Å². The van der Waals surface area contributed by atoms with Crippen molar-refractivity contribution in [3.05, 3.63) is 47.0 Å². The third kappa shape index (κ3) is 4.50. The van der Waals surface area contributed by atoms with Crippen molar-refractivity contribution in [1.29, 1.82) is 0 Å². The van der Waals surface area contributed by atoms with Gasteiger partial charge in [0.05, 0.1) is 16.6 Å². The highest BCUT2D eigenvalue weighted by Crippen LogP contribution is 2.30. The van der Waals surface area contributed by atoms with Gasteiger partial charge in [0.2, 0.25) is 0 Å². The maximum absolute atomic E-state index is 13.3. The van der Waals surface area contributed by atoms with E-state index in [4.69, 9.17) is 11.6 Å². The second-order valence-electron chi connectivity index (χ2n) is 7.19. The highest BCUT2D eigenvalue weighted by atomic mass is 35.5. The summed E-state index contributed by atoms with van der Waals surface area (Å²) in [5.74, 6) is -2.17. The van der Waals surface area contributed by atoms with Crippen LogP contribution in [0.1, 0.15) is 36.5 Å². The third-order valence-electron chi connectivity index (χ3n) is 5.24. The number of alkyl halides is 3. The Bertz CT molecular complexity index is 916. The lowest BCUT2D eigenvalue weighted by Gasteiger charge is -2.30. The molecule has 3 rings (SSSR count). The zero-order valence-corrected chi connectivity index (χ0v) is 16.8. The molecule has 1 aliphatic heterocycles. The molecule has 0 N–H and O–H groups in total. The van der Waals surface area contributed by atoms with Crippen molar-refractivity contribution >= 4 is 34.2 Å². The number of carbonyl (C=O) groups is 2. The first kappa shape index (κ1) is 21.4. The molecular formula is C21H22ClF3N2O2. The van der Waals surface area contributed by atoms with Crippen molar-refractivity contribution in [2.45, 2.75) is 38.4 Å². The summed E-state index contributed by atoms with van der Waals surface area (Å²) in [4.78, 5) is 27.2. The lowest BCUT2D eigenvalue weighted by atomic mass is 10.0. The first-order valence-electron chi connectivity index (χ1n) is 9.58. The predicted molar refractivity (Wildman–Crippen MR) is 106 cm³/mol. The number of amides is 2. The molecule has 1 atom stereocenters. The van der Waals surface area contributed by atoms with Gasteiger partial charge < -0.3 is 9.80 Å². The van der Waals surface area contributed by atoms with E-state index in [0.717, 1.165) is 22.1 Å². The van der Waals surface area contributed by atoms with Gasteiger partial charge in [-0.1, -0.05) is 55.3 Å². The van der Waals surface area contributed by atoms with E-state index in [2.05, 4.69) is 0 Å². The Balaban J connectivity index is 1.87. The van der Waals surface area contributed by atoms with Gasteiger partial charge in [-0.3, -0.25) is 9.59 Å². The molecule has 0 aliphatic carbocycles. The molecule has 0 radical (unpaired) electrons. The monoisotopic (exact) mass is 426 g/mol. The Hall–Kier alpha value is -2.28. The fourth-order valence-corrected chi connectivity index (χ4v) is 4.01. The lowest BCUT2D eigenvalue weighted by molar-refractivity contribution is -0.184. The molecule has 0 unspecified atom stereocenters. The van der Waals surface area contributed by atoms with E-state index in [9.17, 15) is 22.8 Å². The van der Waals surface area contributed by atoms with Gasteiger partial charge in [-0.05, 0) is 24.3 Å². The first-order valence-corrected chi connectivity index (χ1v) is 9.96. The SMILES string of the molecule is CCCCN(C(=O)c1ccc2ccccc2c1Cl)[C@@H]1CCN(C(=O)C(F)(F)F)C1. The molecule has 0 bridgehead atoms. The van der Waals surface area contributed by atoms with E-state index >= 15 is 0 Å². The molecule has 156 valence electrons. The summed E-state index contributed by atoms with van der Waals surface area (Å²) in [6, 6.07) is 10.4. The van der Waals surface area contributed by atoms with Crippen LogP contribution < -0.4 is 0 Å². The van der Waals surface area contributed by atoms with Gasteiger partial charge in [-0.25, -0.2) is 0 Å². The predicted octanol–water partition coefficient (Wildman–Crippen LogP) is 4.90. The number of hydrogen-bond acceptors (Lipinski definition) is 2. The normalized spacial score (nSPS) is 17.0. The molecule has 2 aromatic carbocycles. The van der Waals surface area contributed by atoms with E-state index in [-0.39, 0.29) is 19.0 Å². The maximum atomic E-state index is 13.3. The number of nitrogens with zero attached hydrogens (tertiary/aromatic N) is 2. The van der Waals surface area contributed by atoms with Crippen LogP contribution in [0.15, 0.2) is 36.4 Å². The minimum absolute atomic E-state index is 0.0234. The molecule has 0 saturated carbocycles. The molecule has 0 aromatic heterocycles. The Morgan fingerprint density at radius 3 is 2.62 bits per heavy atom. The van der Waals surface area contributed by atoms with Crippen LogP contribution >= 0.6 is 11.6 Å². The molecular weight excluding hydrogens is 405 g/mol. The summed E-state index contributed by atoms with van der Waals surface area (Å²) >= 11 is 6.50. The van der Waals surface area contributed by atoms with Crippen molar-refractivity contribution in [3.8, 4) is 0 Å². The molecule has 2 amide bonds. The molecule has 29 heavy (non-hydrogen) atoms. The summed E-state index contributed by atoms with van der Waals surface area (Å²) < 4.78 is 38.3. The Morgan fingerprint density at radius 1 is 1.21 bits per heavy atom. The zero-order valence-electron chi connectivity index (χ0n) is 16.0. The fraction of sp³-hybridized carbons (Fsp3) is 0.429.